The van der Waals surface area contributed by atoms with E-state index in [1.54, 1.807) is 11.8 Å². The van der Waals surface area contributed by atoms with E-state index in [9.17, 15) is 0 Å². The van der Waals surface area contributed by atoms with Crippen LogP contribution in [0.3, 0.4) is 0 Å². The molecule has 0 bridgehead atoms. The van der Waals surface area contributed by atoms with Gasteiger partial charge in [0.05, 0.1) is 5.52 Å². The van der Waals surface area contributed by atoms with Crippen molar-refractivity contribution in [1.29, 1.82) is 0 Å². The Hall–Kier alpha value is -3.70. The molecule has 2 heterocycles. The molecule has 0 saturated heterocycles. The van der Waals surface area contributed by atoms with Crippen molar-refractivity contribution < 1.29 is 0 Å². The Morgan fingerprint density at radius 1 is 0.833 bits per heavy atom. The molecule has 0 aliphatic heterocycles. The minimum atomic E-state index is 0.833. The number of nitrogens with zero attached hydrogens (tertiary/aromatic N) is 4. The molecule has 178 valence electrons. The zero-order chi connectivity index (χ0) is 24.3. The number of thioether (sulfide) groups is 1. The van der Waals surface area contributed by atoms with E-state index in [4.69, 9.17) is 10.1 Å². The number of fused-ring (bicyclic) bond motifs is 2. The largest absolute Gasteiger partial charge is 0.302 e. The number of hydrogen-bond acceptors (Lipinski definition) is 4. The van der Waals surface area contributed by atoms with Crippen LogP contribution in [0.2, 0.25) is 0 Å². The molecule has 2 aromatic heterocycles. The maximum Gasteiger partial charge on any atom is 0.191 e. The average Bonchev–Trinajstić information content (AvgIpc) is 3.57. The van der Waals surface area contributed by atoms with Crippen LogP contribution < -0.4 is 0 Å². The summed E-state index contributed by atoms with van der Waals surface area (Å²) in [6.07, 6.45) is 7.57. The van der Waals surface area contributed by atoms with Crippen molar-refractivity contribution in [3.8, 4) is 11.4 Å². The van der Waals surface area contributed by atoms with Crippen LogP contribution in [0.15, 0.2) is 84.0 Å². The summed E-state index contributed by atoms with van der Waals surface area (Å²) < 4.78 is 2.27. The van der Waals surface area contributed by atoms with Gasteiger partial charge in [-0.1, -0.05) is 96.7 Å². The van der Waals surface area contributed by atoms with Crippen LogP contribution in [0.25, 0.3) is 34.4 Å². The second kappa shape index (κ2) is 10.1. The van der Waals surface area contributed by atoms with Gasteiger partial charge in [0.1, 0.15) is 0 Å². The van der Waals surface area contributed by atoms with Crippen molar-refractivity contribution >= 4 is 34.8 Å². The van der Waals surface area contributed by atoms with Crippen LogP contribution in [0, 0.1) is 0 Å². The summed E-state index contributed by atoms with van der Waals surface area (Å²) in [5.74, 6) is 1.83. The lowest BCUT2D eigenvalue weighted by Crippen LogP contribution is -2.03. The van der Waals surface area contributed by atoms with Gasteiger partial charge in [-0.3, -0.25) is 4.98 Å². The van der Waals surface area contributed by atoms with E-state index in [1.807, 2.05) is 6.07 Å². The predicted molar refractivity (Wildman–Crippen MR) is 150 cm³/mol. The smallest absolute Gasteiger partial charge is 0.191 e. The molecule has 5 heteroatoms. The number of hydrogen-bond donors (Lipinski definition) is 0. The third kappa shape index (κ3) is 4.47. The minimum Gasteiger partial charge on any atom is -0.302 e. The first-order chi connectivity index (χ1) is 17.8. The van der Waals surface area contributed by atoms with Crippen LogP contribution in [-0.4, -0.2) is 19.7 Å². The molecular weight excluding hydrogens is 460 g/mol. The highest BCUT2D eigenvalue weighted by atomic mass is 32.2. The van der Waals surface area contributed by atoms with Crippen molar-refractivity contribution in [3.63, 3.8) is 0 Å². The molecule has 0 saturated carbocycles. The van der Waals surface area contributed by atoms with Gasteiger partial charge in [-0.15, -0.1) is 10.2 Å². The summed E-state index contributed by atoms with van der Waals surface area (Å²) in [4.78, 5) is 4.95. The number of benzene rings is 3. The molecule has 0 spiro atoms. The number of para-hydroxylation sites is 1. The third-order valence-electron chi connectivity index (χ3n) is 6.79. The van der Waals surface area contributed by atoms with Crippen LogP contribution in [0.4, 0.5) is 0 Å². The highest BCUT2D eigenvalue weighted by Crippen LogP contribution is 2.37. The maximum absolute atomic E-state index is 4.95. The Balaban J connectivity index is 1.24. The molecule has 0 atom stereocenters. The van der Waals surface area contributed by atoms with Gasteiger partial charge in [-0.25, -0.2) is 0 Å². The van der Waals surface area contributed by atoms with Gasteiger partial charge in [-0.2, -0.15) is 0 Å². The van der Waals surface area contributed by atoms with Crippen molar-refractivity contribution in [2.75, 3.05) is 0 Å². The summed E-state index contributed by atoms with van der Waals surface area (Å²) in [6, 6.07) is 27.6. The Morgan fingerprint density at radius 3 is 2.39 bits per heavy atom. The lowest BCUT2D eigenvalue weighted by atomic mass is 10.0. The van der Waals surface area contributed by atoms with Crippen LogP contribution in [0.5, 0.6) is 0 Å². The van der Waals surface area contributed by atoms with Gasteiger partial charge in [0.2, 0.25) is 0 Å². The molecule has 1 aliphatic rings. The van der Waals surface area contributed by atoms with Crippen LogP contribution >= 0.6 is 11.8 Å². The fraction of sp³-hybridized carbons (Fsp3) is 0.194. The standard InChI is InChI=1S/C31H28N4S/c1-2-35-30(29-25-11-6-7-13-27(25)32-28-14-8-12-26(28)29)33-34-31(35)36-21-24-19-17-23(18-20-24)16-15-22-9-4-3-5-10-22/h3-7,9-11,13,15-20H,2,8,12,14,21H2,1H3/b16-15+. The Morgan fingerprint density at radius 2 is 1.58 bits per heavy atom. The first-order valence-electron chi connectivity index (χ1n) is 12.6. The van der Waals surface area contributed by atoms with Gasteiger partial charge < -0.3 is 4.57 Å². The normalized spacial score (nSPS) is 13.0. The number of aromatic nitrogens is 4. The summed E-state index contributed by atoms with van der Waals surface area (Å²) in [6.45, 7) is 3.01. The van der Waals surface area contributed by atoms with Crippen molar-refractivity contribution in [2.24, 2.45) is 0 Å². The molecule has 5 aromatic rings. The zero-order valence-electron chi connectivity index (χ0n) is 20.4. The van der Waals surface area contributed by atoms with Crippen molar-refractivity contribution in [3.05, 3.63) is 107 Å². The van der Waals surface area contributed by atoms with E-state index < -0.39 is 0 Å². The first kappa shape index (κ1) is 22.7. The Bertz CT molecular complexity index is 1530. The van der Waals surface area contributed by atoms with E-state index in [0.29, 0.717) is 0 Å². The fourth-order valence-electron chi connectivity index (χ4n) is 4.96. The minimum absolute atomic E-state index is 0.833. The molecular formula is C31H28N4S. The van der Waals surface area contributed by atoms with Gasteiger partial charge in [0, 0.05) is 28.9 Å². The van der Waals surface area contributed by atoms with Gasteiger partial charge in [-0.05, 0) is 54.5 Å². The van der Waals surface area contributed by atoms with Crippen LogP contribution in [0.1, 0.15) is 41.3 Å². The number of pyridine rings is 1. The van der Waals surface area contributed by atoms with E-state index >= 15 is 0 Å². The molecule has 0 N–H and O–H groups in total. The average molecular weight is 489 g/mol. The summed E-state index contributed by atoms with van der Waals surface area (Å²) in [5, 5.41) is 11.5. The third-order valence-corrected chi connectivity index (χ3v) is 7.83. The molecule has 6 rings (SSSR count). The highest BCUT2D eigenvalue weighted by Gasteiger charge is 2.24. The highest BCUT2D eigenvalue weighted by molar-refractivity contribution is 7.98. The summed E-state index contributed by atoms with van der Waals surface area (Å²) in [7, 11) is 0. The lowest BCUT2D eigenvalue weighted by Gasteiger charge is -2.13. The molecule has 36 heavy (non-hydrogen) atoms. The summed E-state index contributed by atoms with van der Waals surface area (Å²) in [5.41, 5.74) is 8.54. The molecule has 3 aromatic carbocycles. The molecule has 0 radical (unpaired) electrons. The van der Waals surface area contributed by atoms with E-state index in [2.05, 4.69) is 102 Å². The van der Waals surface area contributed by atoms with E-state index in [0.717, 1.165) is 48.1 Å². The molecule has 0 unspecified atom stereocenters. The number of aryl methyl sites for hydroxylation is 1. The SMILES string of the molecule is CCn1c(SCc2ccc(/C=C/c3ccccc3)cc2)nnc1-c1c2c(nc3ccccc13)CCC2. The Labute approximate surface area is 216 Å². The molecule has 0 amide bonds. The van der Waals surface area contributed by atoms with Crippen molar-refractivity contribution in [2.45, 2.75) is 43.6 Å². The maximum atomic E-state index is 4.95. The van der Waals surface area contributed by atoms with Gasteiger partial charge in [0.15, 0.2) is 11.0 Å². The molecule has 1 aliphatic carbocycles. The first-order valence-corrected chi connectivity index (χ1v) is 13.6. The second-order valence-electron chi connectivity index (χ2n) is 9.11. The number of rotatable bonds is 7. The second-order valence-corrected chi connectivity index (χ2v) is 10.0. The van der Waals surface area contributed by atoms with Crippen LogP contribution in [-0.2, 0) is 25.1 Å². The monoisotopic (exact) mass is 488 g/mol. The van der Waals surface area contributed by atoms with Crippen molar-refractivity contribution in [1.82, 2.24) is 19.7 Å². The van der Waals surface area contributed by atoms with E-state index in [1.165, 1.54) is 38.9 Å². The zero-order valence-corrected chi connectivity index (χ0v) is 21.2. The quantitative estimate of drug-likeness (QED) is 0.176. The summed E-state index contributed by atoms with van der Waals surface area (Å²) >= 11 is 1.75. The predicted octanol–water partition coefficient (Wildman–Crippen LogP) is 7.46. The molecule has 0 fully saturated rings. The fourth-order valence-corrected chi connectivity index (χ4v) is 5.92. The van der Waals surface area contributed by atoms with Gasteiger partial charge in [0.25, 0.3) is 0 Å². The van der Waals surface area contributed by atoms with E-state index in [-0.39, 0.29) is 0 Å². The van der Waals surface area contributed by atoms with Gasteiger partial charge >= 0.3 is 0 Å². The topological polar surface area (TPSA) is 43.6 Å². The molecule has 4 nitrogen and oxygen atoms in total. The Kier molecular flexibility index (Phi) is 6.39. The lowest BCUT2D eigenvalue weighted by molar-refractivity contribution is 0.687.